The summed E-state index contributed by atoms with van der Waals surface area (Å²) in [6, 6.07) is 20.0. The van der Waals surface area contributed by atoms with E-state index in [0.717, 1.165) is 54.8 Å². The molecular formula is C29H32FN3O2. The first-order chi connectivity index (χ1) is 17.0. The van der Waals surface area contributed by atoms with Crippen molar-refractivity contribution in [2.24, 2.45) is 0 Å². The molecule has 0 fully saturated rings. The van der Waals surface area contributed by atoms with Gasteiger partial charge in [-0.05, 0) is 92.8 Å². The third kappa shape index (κ3) is 6.47. The number of hydrogen-bond acceptors (Lipinski definition) is 3. The second-order valence-corrected chi connectivity index (χ2v) is 8.84. The lowest BCUT2D eigenvalue weighted by atomic mass is 10.1. The summed E-state index contributed by atoms with van der Waals surface area (Å²) in [5, 5.41) is 2.91. The molecule has 0 aliphatic rings. The van der Waals surface area contributed by atoms with Gasteiger partial charge in [-0.25, -0.2) is 9.37 Å². The monoisotopic (exact) mass is 473 g/mol. The third-order valence-electron chi connectivity index (χ3n) is 6.23. The molecule has 1 N–H and O–H groups in total. The quantitative estimate of drug-likeness (QED) is 0.271. The van der Waals surface area contributed by atoms with E-state index >= 15 is 0 Å². The summed E-state index contributed by atoms with van der Waals surface area (Å²) in [5.41, 5.74) is 5.09. The van der Waals surface area contributed by atoms with Gasteiger partial charge in [0.25, 0.3) is 5.91 Å². The van der Waals surface area contributed by atoms with Crippen molar-refractivity contribution < 1.29 is 13.9 Å². The standard InChI is InChI=1S/C29H32FN3O2/c1-21-11-16-25(20-22(21)2)35-19-6-5-18-33-27-9-4-3-8-26(27)32-28(33)10-7-17-31-29(34)23-12-14-24(30)15-13-23/h3-4,8-9,11-16,20H,5-7,10,17-19H2,1-2H3,(H,31,34). The highest BCUT2D eigenvalue weighted by Crippen LogP contribution is 2.19. The van der Waals surface area contributed by atoms with Gasteiger partial charge in [-0.15, -0.1) is 0 Å². The molecule has 0 aliphatic carbocycles. The summed E-state index contributed by atoms with van der Waals surface area (Å²) >= 11 is 0. The highest BCUT2D eigenvalue weighted by Gasteiger charge is 2.11. The molecule has 1 heterocycles. The number of carbonyl (C=O) groups excluding carboxylic acids is 1. The molecule has 1 aromatic heterocycles. The van der Waals surface area contributed by atoms with Crippen molar-refractivity contribution in [3.63, 3.8) is 0 Å². The second-order valence-electron chi connectivity index (χ2n) is 8.84. The van der Waals surface area contributed by atoms with Crippen LogP contribution in [0.3, 0.4) is 0 Å². The van der Waals surface area contributed by atoms with Crippen LogP contribution < -0.4 is 10.1 Å². The fourth-order valence-electron chi connectivity index (χ4n) is 4.08. The Morgan fingerprint density at radius 2 is 1.77 bits per heavy atom. The first kappa shape index (κ1) is 24.5. The number of benzene rings is 3. The van der Waals surface area contributed by atoms with Crippen molar-refractivity contribution in [3.05, 3.63) is 95.1 Å². The van der Waals surface area contributed by atoms with E-state index in [-0.39, 0.29) is 11.7 Å². The van der Waals surface area contributed by atoms with Crippen LogP contribution in [0.1, 0.15) is 46.6 Å². The van der Waals surface area contributed by atoms with E-state index in [1.54, 1.807) is 0 Å². The molecule has 0 spiro atoms. The number of aryl methyl sites for hydroxylation is 4. The van der Waals surface area contributed by atoms with E-state index in [9.17, 15) is 9.18 Å². The van der Waals surface area contributed by atoms with Gasteiger partial charge < -0.3 is 14.6 Å². The number of amides is 1. The summed E-state index contributed by atoms with van der Waals surface area (Å²) in [4.78, 5) is 17.1. The molecule has 6 heteroatoms. The molecule has 3 aromatic carbocycles. The molecule has 0 unspecified atom stereocenters. The predicted molar refractivity (Wildman–Crippen MR) is 137 cm³/mol. The molecule has 35 heavy (non-hydrogen) atoms. The zero-order valence-electron chi connectivity index (χ0n) is 20.4. The lowest BCUT2D eigenvalue weighted by Gasteiger charge is -2.11. The largest absolute Gasteiger partial charge is 0.494 e. The SMILES string of the molecule is Cc1ccc(OCCCCn2c(CCCNC(=O)c3ccc(F)cc3)nc3ccccc32)cc1C. The van der Waals surface area contributed by atoms with E-state index in [1.165, 1.54) is 35.4 Å². The maximum absolute atomic E-state index is 13.1. The first-order valence-corrected chi connectivity index (χ1v) is 12.2. The van der Waals surface area contributed by atoms with E-state index in [4.69, 9.17) is 9.72 Å². The third-order valence-corrected chi connectivity index (χ3v) is 6.23. The fraction of sp³-hybridized carbons (Fsp3) is 0.310. The Balaban J connectivity index is 1.28. The van der Waals surface area contributed by atoms with Gasteiger partial charge in [-0.2, -0.15) is 0 Å². The molecule has 1 amide bonds. The molecule has 0 aliphatic heterocycles. The van der Waals surface area contributed by atoms with Crippen LogP contribution in [0.2, 0.25) is 0 Å². The maximum Gasteiger partial charge on any atom is 0.251 e. The van der Waals surface area contributed by atoms with Crippen molar-refractivity contribution in [1.82, 2.24) is 14.9 Å². The number of unbranched alkanes of at least 4 members (excludes halogenated alkanes) is 1. The van der Waals surface area contributed by atoms with Gasteiger partial charge in [0.15, 0.2) is 0 Å². The lowest BCUT2D eigenvalue weighted by molar-refractivity contribution is 0.0953. The van der Waals surface area contributed by atoms with E-state index in [2.05, 4.69) is 41.9 Å². The number of carbonyl (C=O) groups is 1. The summed E-state index contributed by atoms with van der Waals surface area (Å²) < 4.78 is 21.3. The number of fused-ring (bicyclic) bond motifs is 1. The van der Waals surface area contributed by atoms with Crippen LogP contribution in [-0.2, 0) is 13.0 Å². The minimum absolute atomic E-state index is 0.192. The van der Waals surface area contributed by atoms with Crippen molar-refractivity contribution >= 4 is 16.9 Å². The van der Waals surface area contributed by atoms with Crippen LogP contribution in [0.25, 0.3) is 11.0 Å². The number of imidazole rings is 1. The van der Waals surface area contributed by atoms with Gasteiger partial charge in [-0.1, -0.05) is 18.2 Å². The topological polar surface area (TPSA) is 56.1 Å². The van der Waals surface area contributed by atoms with Gasteiger partial charge in [0.2, 0.25) is 0 Å². The molecule has 4 aromatic rings. The molecule has 5 nitrogen and oxygen atoms in total. The van der Waals surface area contributed by atoms with Crippen molar-refractivity contribution in [3.8, 4) is 5.75 Å². The smallest absolute Gasteiger partial charge is 0.251 e. The molecule has 0 saturated carbocycles. The van der Waals surface area contributed by atoms with Crippen LogP contribution in [0.5, 0.6) is 5.75 Å². The van der Waals surface area contributed by atoms with Crippen LogP contribution in [0, 0.1) is 19.7 Å². The zero-order chi connectivity index (χ0) is 24.6. The Morgan fingerprint density at radius 1 is 0.971 bits per heavy atom. The second kappa shape index (κ2) is 11.6. The summed E-state index contributed by atoms with van der Waals surface area (Å²) in [7, 11) is 0. The van der Waals surface area contributed by atoms with Crippen LogP contribution in [0.15, 0.2) is 66.7 Å². The average molecular weight is 474 g/mol. The van der Waals surface area contributed by atoms with Gasteiger partial charge in [0, 0.05) is 25.1 Å². The van der Waals surface area contributed by atoms with Crippen molar-refractivity contribution in [2.45, 2.75) is 46.1 Å². The number of aromatic nitrogens is 2. The van der Waals surface area contributed by atoms with E-state index < -0.39 is 0 Å². The molecule has 0 saturated heterocycles. The molecule has 0 radical (unpaired) electrons. The first-order valence-electron chi connectivity index (χ1n) is 12.2. The number of halogens is 1. The number of para-hydroxylation sites is 2. The Morgan fingerprint density at radius 3 is 2.57 bits per heavy atom. The van der Waals surface area contributed by atoms with Gasteiger partial charge in [0.05, 0.1) is 17.6 Å². The average Bonchev–Trinajstić information content (AvgIpc) is 3.21. The highest BCUT2D eigenvalue weighted by molar-refractivity contribution is 5.94. The van der Waals surface area contributed by atoms with Crippen LogP contribution in [-0.4, -0.2) is 28.6 Å². The molecule has 0 bridgehead atoms. The van der Waals surface area contributed by atoms with Gasteiger partial charge >= 0.3 is 0 Å². The Labute approximate surface area is 206 Å². The van der Waals surface area contributed by atoms with Gasteiger partial charge in [0.1, 0.15) is 17.4 Å². The number of rotatable bonds is 11. The van der Waals surface area contributed by atoms with Crippen LogP contribution in [0.4, 0.5) is 4.39 Å². The summed E-state index contributed by atoms with van der Waals surface area (Å²) in [6.45, 7) is 6.28. The Hall–Kier alpha value is -3.67. The number of hydrogen-bond donors (Lipinski definition) is 1. The summed E-state index contributed by atoms with van der Waals surface area (Å²) in [6.07, 6.45) is 3.47. The molecular weight excluding hydrogens is 441 g/mol. The van der Waals surface area contributed by atoms with E-state index in [0.29, 0.717) is 18.7 Å². The maximum atomic E-state index is 13.1. The number of nitrogens with one attached hydrogen (secondary N) is 1. The zero-order valence-corrected chi connectivity index (χ0v) is 20.4. The Bertz CT molecular complexity index is 1280. The Kier molecular flexibility index (Phi) is 8.14. The number of ether oxygens (including phenoxy) is 1. The van der Waals surface area contributed by atoms with Crippen molar-refractivity contribution in [1.29, 1.82) is 0 Å². The minimum atomic E-state index is -0.350. The summed E-state index contributed by atoms with van der Waals surface area (Å²) in [5.74, 6) is 1.40. The fourth-order valence-corrected chi connectivity index (χ4v) is 4.08. The molecule has 182 valence electrons. The molecule has 0 atom stereocenters. The van der Waals surface area contributed by atoms with Crippen LogP contribution >= 0.6 is 0 Å². The minimum Gasteiger partial charge on any atom is -0.494 e. The van der Waals surface area contributed by atoms with Crippen molar-refractivity contribution in [2.75, 3.05) is 13.2 Å². The van der Waals surface area contributed by atoms with E-state index in [1.807, 2.05) is 24.3 Å². The normalized spacial score (nSPS) is 11.1. The molecule has 4 rings (SSSR count). The predicted octanol–water partition coefficient (Wildman–Crippen LogP) is 6.01. The van der Waals surface area contributed by atoms with Gasteiger partial charge in [-0.3, -0.25) is 4.79 Å². The highest BCUT2D eigenvalue weighted by atomic mass is 19.1. The number of nitrogens with zero attached hydrogens (tertiary/aromatic N) is 2. The lowest BCUT2D eigenvalue weighted by Crippen LogP contribution is -2.25.